The highest BCUT2D eigenvalue weighted by molar-refractivity contribution is 8.00. The average Bonchev–Trinajstić information content (AvgIpc) is 2.98. The Hall–Kier alpha value is -3.01. The van der Waals surface area contributed by atoms with E-state index in [9.17, 15) is 14.4 Å². The number of primary amides is 1. The van der Waals surface area contributed by atoms with Gasteiger partial charge < -0.3 is 25.6 Å². The molecule has 1 heterocycles. The van der Waals surface area contributed by atoms with Gasteiger partial charge in [0.25, 0.3) is 5.91 Å². The summed E-state index contributed by atoms with van der Waals surface area (Å²) in [5.74, 6) is 0.398. The number of nitrogens with one attached hydrogen (secondary N) is 2. The molecule has 0 saturated heterocycles. The largest absolute Gasteiger partial charge is 0.484 e. The Labute approximate surface area is 153 Å². The summed E-state index contributed by atoms with van der Waals surface area (Å²) in [4.78, 5) is 34.4. The molecule has 1 aromatic heterocycles. The summed E-state index contributed by atoms with van der Waals surface area (Å²) >= 11 is 1.16. The third-order valence-electron chi connectivity index (χ3n) is 2.86. The minimum Gasteiger partial charge on any atom is -0.484 e. The molecular weight excluding hydrogens is 360 g/mol. The summed E-state index contributed by atoms with van der Waals surface area (Å²) in [5.41, 5.74) is 5.52. The number of rotatable bonds is 9. The molecule has 2 rings (SSSR count). The van der Waals surface area contributed by atoms with Crippen LogP contribution in [-0.4, -0.2) is 41.0 Å². The second-order valence-corrected chi connectivity index (χ2v) is 6.18. The number of carbonyl (C=O) groups excluding carboxylic acids is 3. The number of amides is 3. The van der Waals surface area contributed by atoms with Gasteiger partial charge in [0.05, 0.1) is 11.5 Å². The van der Waals surface area contributed by atoms with Crippen molar-refractivity contribution in [3.8, 4) is 5.75 Å². The molecule has 9 nitrogen and oxygen atoms in total. The normalized spacial score (nSPS) is 10.2. The quantitative estimate of drug-likeness (QED) is 0.595. The van der Waals surface area contributed by atoms with E-state index in [4.69, 9.17) is 15.0 Å². The van der Waals surface area contributed by atoms with Crippen LogP contribution >= 0.6 is 11.8 Å². The van der Waals surface area contributed by atoms with Gasteiger partial charge in [-0.15, -0.1) is 11.8 Å². The smallest absolute Gasteiger partial charge is 0.255 e. The first-order valence-electron chi connectivity index (χ1n) is 7.54. The number of hydrogen-bond donors (Lipinski definition) is 3. The summed E-state index contributed by atoms with van der Waals surface area (Å²) in [7, 11) is 0. The van der Waals surface area contributed by atoms with Crippen molar-refractivity contribution in [3.05, 3.63) is 36.1 Å². The molecule has 0 aliphatic rings. The van der Waals surface area contributed by atoms with Crippen LogP contribution < -0.4 is 21.1 Å². The maximum atomic E-state index is 11.9. The Morgan fingerprint density at radius 1 is 1.19 bits per heavy atom. The Balaban J connectivity index is 1.72. The lowest BCUT2D eigenvalue weighted by atomic mass is 10.3. The van der Waals surface area contributed by atoms with Gasteiger partial charge in [0.2, 0.25) is 11.8 Å². The average molecular weight is 378 g/mol. The van der Waals surface area contributed by atoms with Crippen LogP contribution in [0.1, 0.15) is 5.76 Å². The number of carbonyl (C=O) groups is 3. The lowest BCUT2D eigenvalue weighted by Gasteiger charge is -2.08. The maximum absolute atomic E-state index is 11.9. The van der Waals surface area contributed by atoms with E-state index in [2.05, 4.69) is 15.8 Å². The van der Waals surface area contributed by atoms with Crippen LogP contribution in [0.15, 0.2) is 34.9 Å². The second kappa shape index (κ2) is 9.47. The highest BCUT2D eigenvalue weighted by atomic mass is 32.2. The van der Waals surface area contributed by atoms with Gasteiger partial charge in [-0.1, -0.05) is 11.2 Å². The monoisotopic (exact) mass is 378 g/mol. The first kappa shape index (κ1) is 19.3. The molecule has 0 radical (unpaired) electrons. The Morgan fingerprint density at radius 2 is 1.92 bits per heavy atom. The molecular formula is C16H18N4O5S. The molecule has 138 valence electrons. The number of benzene rings is 1. The predicted octanol–water partition coefficient (Wildman–Crippen LogP) is 1.16. The van der Waals surface area contributed by atoms with Crippen molar-refractivity contribution < 1.29 is 23.6 Å². The van der Waals surface area contributed by atoms with E-state index in [0.29, 0.717) is 23.0 Å². The fraction of sp³-hybridized carbons (Fsp3) is 0.250. The SMILES string of the molecule is Cc1cc(NC(=O)CSCC(=O)Nc2cccc(OCC(N)=O)c2)no1. The number of aryl methyl sites for hydroxylation is 1. The molecule has 0 spiro atoms. The molecule has 4 N–H and O–H groups in total. The molecule has 10 heteroatoms. The minimum absolute atomic E-state index is 0.0949. The van der Waals surface area contributed by atoms with Crippen LogP contribution in [-0.2, 0) is 14.4 Å². The molecule has 0 fully saturated rings. The number of nitrogens with zero attached hydrogens (tertiary/aromatic N) is 1. The summed E-state index contributed by atoms with van der Waals surface area (Å²) in [6, 6.07) is 8.17. The van der Waals surface area contributed by atoms with Crippen LogP contribution in [0.2, 0.25) is 0 Å². The van der Waals surface area contributed by atoms with Crippen molar-refractivity contribution >= 4 is 41.0 Å². The number of nitrogens with two attached hydrogens (primary N) is 1. The zero-order valence-electron chi connectivity index (χ0n) is 14.0. The molecule has 0 saturated carbocycles. The van der Waals surface area contributed by atoms with E-state index in [1.807, 2.05) is 0 Å². The summed E-state index contributed by atoms with van der Waals surface area (Å²) in [6.45, 7) is 1.48. The van der Waals surface area contributed by atoms with E-state index in [0.717, 1.165) is 11.8 Å². The fourth-order valence-corrected chi connectivity index (χ4v) is 2.47. The Kier molecular flexibility index (Phi) is 7.03. The zero-order valence-corrected chi connectivity index (χ0v) is 14.8. The van der Waals surface area contributed by atoms with Crippen LogP contribution in [0, 0.1) is 6.92 Å². The third-order valence-corrected chi connectivity index (χ3v) is 3.79. The van der Waals surface area contributed by atoms with E-state index >= 15 is 0 Å². The van der Waals surface area contributed by atoms with Crippen molar-refractivity contribution in [1.29, 1.82) is 0 Å². The molecule has 26 heavy (non-hydrogen) atoms. The van der Waals surface area contributed by atoms with E-state index in [1.54, 1.807) is 37.3 Å². The maximum Gasteiger partial charge on any atom is 0.255 e. The van der Waals surface area contributed by atoms with Gasteiger partial charge in [0.1, 0.15) is 11.5 Å². The summed E-state index contributed by atoms with van der Waals surface area (Å²) in [5, 5.41) is 8.90. The van der Waals surface area contributed by atoms with Crippen LogP contribution in [0.5, 0.6) is 5.75 Å². The van der Waals surface area contributed by atoms with Crippen molar-refractivity contribution in [2.75, 3.05) is 28.7 Å². The Morgan fingerprint density at radius 3 is 2.58 bits per heavy atom. The van der Waals surface area contributed by atoms with Gasteiger partial charge in [0.15, 0.2) is 12.4 Å². The van der Waals surface area contributed by atoms with Gasteiger partial charge in [-0.05, 0) is 19.1 Å². The molecule has 3 amide bonds. The van der Waals surface area contributed by atoms with Crippen molar-refractivity contribution in [1.82, 2.24) is 5.16 Å². The number of thioether (sulfide) groups is 1. The molecule has 0 atom stereocenters. The number of ether oxygens (including phenoxy) is 1. The minimum atomic E-state index is -0.588. The Bertz CT molecular complexity index is 792. The van der Waals surface area contributed by atoms with Crippen molar-refractivity contribution in [2.45, 2.75) is 6.92 Å². The first-order valence-corrected chi connectivity index (χ1v) is 8.70. The van der Waals surface area contributed by atoms with Crippen LogP contribution in [0.4, 0.5) is 11.5 Å². The predicted molar refractivity (Wildman–Crippen MR) is 97.0 cm³/mol. The van der Waals surface area contributed by atoms with Gasteiger partial charge in [0, 0.05) is 17.8 Å². The zero-order chi connectivity index (χ0) is 18.9. The number of anilines is 2. The standard InChI is InChI=1S/C16H18N4O5S/c1-10-5-14(20-25-10)19-16(23)9-26-8-15(22)18-11-3-2-4-12(6-11)24-7-13(17)21/h2-6H,7-9H2,1H3,(H2,17,21)(H,18,22)(H,19,20,23). The number of aromatic nitrogens is 1. The van der Waals surface area contributed by atoms with E-state index in [-0.39, 0.29) is 29.9 Å². The van der Waals surface area contributed by atoms with Crippen LogP contribution in [0.3, 0.4) is 0 Å². The van der Waals surface area contributed by atoms with Crippen molar-refractivity contribution in [3.63, 3.8) is 0 Å². The molecule has 0 aliphatic carbocycles. The van der Waals surface area contributed by atoms with E-state index in [1.165, 1.54) is 0 Å². The molecule has 1 aromatic carbocycles. The topological polar surface area (TPSA) is 137 Å². The van der Waals surface area contributed by atoms with Gasteiger partial charge in [-0.2, -0.15) is 0 Å². The molecule has 2 aromatic rings. The molecule has 0 aliphatic heterocycles. The van der Waals surface area contributed by atoms with Gasteiger partial charge >= 0.3 is 0 Å². The van der Waals surface area contributed by atoms with Crippen LogP contribution in [0.25, 0.3) is 0 Å². The third kappa shape index (κ3) is 6.85. The lowest BCUT2D eigenvalue weighted by Crippen LogP contribution is -2.20. The molecule has 0 bridgehead atoms. The van der Waals surface area contributed by atoms with Gasteiger partial charge in [-0.3, -0.25) is 14.4 Å². The summed E-state index contributed by atoms with van der Waals surface area (Å²) < 4.78 is 10.0. The van der Waals surface area contributed by atoms with Crippen molar-refractivity contribution in [2.24, 2.45) is 5.73 Å². The van der Waals surface area contributed by atoms with Gasteiger partial charge in [-0.25, -0.2) is 0 Å². The highest BCUT2D eigenvalue weighted by Gasteiger charge is 2.09. The lowest BCUT2D eigenvalue weighted by molar-refractivity contribution is -0.120. The summed E-state index contributed by atoms with van der Waals surface area (Å²) in [6.07, 6.45) is 0. The second-order valence-electron chi connectivity index (χ2n) is 5.19. The fourth-order valence-electron chi connectivity index (χ4n) is 1.86. The van der Waals surface area contributed by atoms with E-state index < -0.39 is 5.91 Å². The first-order chi connectivity index (χ1) is 12.4. The molecule has 0 unspecified atom stereocenters. The number of hydrogen-bond acceptors (Lipinski definition) is 7. The highest BCUT2D eigenvalue weighted by Crippen LogP contribution is 2.17.